The van der Waals surface area contributed by atoms with Crippen LogP contribution in [0.3, 0.4) is 0 Å². The Kier molecular flexibility index (Phi) is 4.57. The number of carbonyl (C=O) groups is 2. The fraction of sp³-hybridized carbons (Fsp3) is 0.182. The Labute approximate surface area is 142 Å². The molecule has 4 rings (SSSR count). The third-order valence-corrected chi connectivity index (χ3v) is 4.50. The first kappa shape index (κ1) is 16.1. The molecular formula is C22H20O2. The van der Waals surface area contributed by atoms with Crippen LogP contribution in [0.25, 0.3) is 0 Å². The van der Waals surface area contributed by atoms with E-state index in [1.165, 1.54) is 0 Å². The predicted octanol–water partition coefficient (Wildman–Crippen LogP) is 4.74. The van der Waals surface area contributed by atoms with Crippen LogP contribution in [-0.2, 0) is 12.8 Å². The van der Waals surface area contributed by atoms with Crippen LogP contribution in [0.2, 0.25) is 0 Å². The van der Waals surface area contributed by atoms with E-state index < -0.39 is 0 Å². The lowest BCUT2D eigenvalue weighted by molar-refractivity contribution is 0.102. The first-order chi connectivity index (χ1) is 11.6. The molecule has 2 nitrogen and oxygen atoms in total. The molecule has 120 valence electrons. The Bertz CT molecular complexity index is 796. The van der Waals surface area contributed by atoms with Crippen molar-refractivity contribution < 1.29 is 9.59 Å². The minimum Gasteiger partial charge on any atom is -0.289 e. The summed E-state index contributed by atoms with van der Waals surface area (Å²) in [5.74, 6) is 0.355. The highest BCUT2D eigenvalue weighted by atomic mass is 16.1. The molecular weight excluding hydrogens is 296 g/mol. The van der Waals surface area contributed by atoms with Crippen LogP contribution in [0.5, 0.6) is 0 Å². The highest BCUT2D eigenvalue weighted by Gasteiger charge is 2.16. The average molecular weight is 316 g/mol. The Morgan fingerprint density at radius 1 is 0.625 bits per heavy atom. The minimum atomic E-state index is 0.178. The fourth-order valence-electron chi connectivity index (χ4n) is 2.98. The van der Waals surface area contributed by atoms with Gasteiger partial charge in [0.1, 0.15) is 0 Å². The molecule has 0 spiro atoms. The van der Waals surface area contributed by atoms with E-state index in [0.29, 0.717) is 0 Å². The summed E-state index contributed by atoms with van der Waals surface area (Å²) in [6.07, 6.45) is 5.77. The van der Waals surface area contributed by atoms with Crippen molar-refractivity contribution in [2.45, 2.75) is 26.7 Å². The summed E-state index contributed by atoms with van der Waals surface area (Å²) in [6.45, 7) is 3.75. The second-order valence-electron chi connectivity index (χ2n) is 6.16. The number of hydrogen-bond acceptors (Lipinski definition) is 2. The van der Waals surface area contributed by atoms with Gasteiger partial charge in [-0.2, -0.15) is 0 Å². The average Bonchev–Trinajstić information content (AvgIpc) is 2.62. The summed E-state index contributed by atoms with van der Waals surface area (Å²) in [5, 5.41) is 0. The van der Waals surface area contributed by atoms with Crippen LogP contribution in [-0.4, -0.2) is 11.6 Å². The third kappa shape index (κ3) is 3.13. The zero-order valence-corrected chi connectivity index (χ0v) is 14.0. The molecule has 0 amide bonds. The highest BCUT2D eigenvalue weighted by molar-refractivity contribution is 6.10. The lowest BCUT2D eigenvalue weighted by Gasteiger charge is -2.12. The van der Waals surface area contributed by atoms with Crippen LogP contribution in [0.15, 0.2) is 71.8 Å². The van der Waals surface area contributed by atoms with Crippen LogP contribution >= 0.6 is 0 Å². The van der Waals surface area contributed by atoms with Gasteiger partial charge in [-0.15, -0.1) is 0 Å². The molecule has 2 aromatic rings. The van der Waals surface area contributed by atoms with Gasteiger partial charge in [0, 0.05) is 11.1 Å². The van der Waals surface area contributed by atoms with Crippen LogP contribution in [0.1, 0.15) is 45.7 Å². The molecule has 0 saturated carbocycles. The third-order valence-electron chi connectivity index (χ3n) is 4.50. The molecule has 24 heavy (non-hydrogen) atoms. The molecule has 0 saturated heterocycles. The van der Waals surface area contributed by atoms with Crippen molar-refractivity contribution in [1.82, 2.24) is 0 Å². The minimum absolute atomic E-state index is 0.178. The predicted molar refractivity (Wildman–Crippen MR) is 96.5 cm³/mol. The van der Waals surface area contributed by atoms with Crippen LogP contribution in [0.4, 0.5) is 0 Å². The summed E-state index contributed by atoms with van der Waals surface area (Å²) in [7, 11) is 0. The van der Waals surface area contributed by atoms with Crippen molar-refractivity contribution in [2.24, 2.45) is 0 Å². The molecule has 2 aromatic carbocycles. The standard InChI is InChI=1S/2C11H10O/c2*1-8-6-7-9-4-2-3-5-10(9)11(8)12/h2*2-6H,7H2,1H3. The van der Waals surface area contributed by atoms with Gasteiger partial charge < -0.3 is 0 Å². The zero-order valence-electron chi connectivity index (χ0n) is 14.0. The van der Waals surface area contributed by atoms with E-state index in [-0.39, 0.29) is 11.6 Å². The Balaban J connectivity index is 0.000000141. The summed E-state index contributed by atoms with van der Waals surface area (Å²) in [5.41, 5.74) is 5.78. The van der Waals surface area contributed by atoms with Gasteiger partial charge in [0.25, 0.3) is 0 Å². The van der Waals surface area contributed by atoms with Gasteiger partial charge in [-0.3, -0.25) is 9.59 Å². The summed E-state index contributed by atoms with van der Waals surface area (Å²) in [6, 6.07) is 15.6. The van der Waals surface area contributed by atoms with E-state index in [2.05, 4.69) is 0 Å². The molecule has 0 aliphatic heterocycles. The molecule has 0 fully saturated rings. The van der Waals surface area contributed by atoms with Gasteiger partial charge in [0.2, 0.25) is 0 Å². The second kappa shape index (κ2) is 6.79. The van der Waals surface area contributed by atoms with Crippen molar-refractivity contribution in [3.63, 3.8) is 0 Å². The molecule has 0 radical (unpaired) electrons. The van der Waals surface area contributed by atoms with E-state index in [1.54, 1.807) is 0 Å². The Morgan fingerprint density at radius 3 is 1.42 bits per heavy atom. The number of rotatable bonds is 0. The number of ketones is 2. The zero-order chi connectivity index (χ0) is 17.1. The van der Waals surface area contributed by atoms with Gasteiger partial charge in [-0.1, -0.05) is 60.7 Å². The summed E-state index contributed by atoms with van der Waals surface area (Å²) >= 11 is 0. The second-order valence-corrected chi connectivity index (χ2v) is 6.16. The van der Waals surface area contributed by atoms with E-state index in [4.69, 9.17) is 0 Å². The first-order valence-electron chi connectivity index (χ1n) is 8.16. The van der Waals surface area contributed by atoms with Crippen molar-refractivity contribution >= 4 is 11.6 Å². The molecule has 2 aliphatic rings. The maximum atomic E-state index is 11.5. The highest BCUT2D eigenvalue weighted by Crippen LogP contribution is 2.20. The van der Waals surface area contributed by atoms with Crippen molar-refractivity contribution in [1.29, 1.82) is 0 Å². The number of carbonyl (C=O) groups excluding carboxylic acids is 2. The van der Waals surface area contributed by atoms with Gasteiger partial charge in [0.15, 0.2) is 11.6 Å². The van der Waals surface area contributed by atoms with E-state index in [0.717, 1.165) is 46.2 Å². The van der Waals surface area contributed by atoms with E-state index in [1.807, 2.05) is 74.5 Å². The monoisotopic (exact) mass is 316 g/mol. The molecule has 2 heteroatoms. The number of allylic oxidation sites excluding steroid dienone is 4. The number of Topliss-reactive ketones (excluding diaryl/α,β-unsaturated/α-hetero) is 2. The molecule has 0 atom stereocenters. The summed E-state index contributed by atoms with van der Waals surface area (Å²) < 4.78 is 0. The number of benzene rings is 2. The van der Waals surface area contributed by atoms with Gasteiger partial charge >= 0.3 is 0 Å². The van der Waals surface area contributed by atoms with Gasteiger partial charge in [0.05, 0.1) is 0 Å². The largest absolute Gasteiger partial charge is 0.289 e. The smallest absolute Gasteiger partial charge is 0.188 e. The van der Waals surface area contributed by atoms with E-state index >= 15 is 0 Å². The normalized spacial score (nSPS) is 15.4. The maximum absolute atomic E-state index is 11.5. The Morgan fingerprint density at radius 2 is 1.00 bits per heavy atom. The lowest BCUT2D eigenvalue weighted by atomic mass is 9.91. The molecule has 0 unspecified atom stereocenters. The molecule has 2 aliphatic carbocycles. The van der Waals surface area contributed by atoms with Crippen molar-refractivity contribution in [3.05, 3.63) is 94.1 Å². The SMILES string of the molecule is CC1=CCc2ccccc2C1=O.CC1=CCc2ccccc2C1=O. The van der Waals surface area contributed by atoms with Crippen LogP contribution < -0.4 is 0 Å². The topological polar surface area (TPSA) is 34.1 Å². The molecule has 0 bridgehead atoms. The quantitative estimate of drug-likeness (QED) is 0.703. The molecule has 0 N–H and O–H groups in total. The number of fused-ring (bicyclic) bond motifs is 2. The number of hydrogen-bond donors (Lipinski definition) is 0. The molecule has 0 heterocycles. The molecule has 0 aromatic heterocycles. The summed E-state index contributed by atoms with van der Waals surface area (Å²) in [4.78, 5) is 23.1. The lowest BCUT2D eigenvalue weighted by Crippen LogP contribution is -2.09. The van der Waals surface area contributed by atoms with Crippen molar-refractivity contribution in [3.8, 4) is 0 Å². The fourth-order valence-corrected chi connectivity index (χ4v) is 2.98. The maximum Gasteiger partial charge on any atom is 0.188 e. The van der Waals surface area contributed by atoms with Crippen molar-refractivity contribution in [2.75, 3.05) is 0 Å². The first-order valence-corrected chi connectivity index (χ1v) is 8.16. The van der Waals surface area contributed by atoms with Crippen LogP contribution in [0, 0.1) is 0 Å². The van der Waals surface area contributed by atoms with Gasteiger partial charge in [-0.05, 0) is 49.0 Å². The van der Waals surface area contributed by atoms with Gasteiger partial charge in [-0.25, -0.2) is 0 Å². The van der Waals surface area contributed by atoms with E-state index in [9.17, 15) is 9.59 Å². The Hall–Kier alpha value is -2.74.